The molecule has 0 amide bonds. The summed E-state index contributed by atoms with van der Waals surface area (Å²) in [6, 6.07) is 7.80. The second-order valence-electron chi connectivity index (χ2n) is 5.51. The van der Waals surface area contributed by atoms with Gasteiger partial charge in [0, 0.05) is 10.8 Å². The summed E-state index contributed by atoms with van der Waals surface area (Å²) in [5, 5.41) is 8.68. The van der Waals surface area contributed by atoms with Gasteiger partial charge >= 0.3 is 6.18 Å². The van der Waals surface area contributed by atoms with Gasteiger partial charge in [0.25, 0.3) is 0 Å². The molecular weight excluding hydrogens is 342 g/mol. The largest absolute Gasteiger partial charge is 0.417 e. The van der Waals surface area contributed by atoms with E-state index in [2.05, 4.69) is 10.2 Å². The van der Waals surface area contributed by atoms with Crippen LogP contribution in [0.1, 0.15) is 31.2 Å². The minimum atomic E-state index is -4.63. The summed E-state index contributed by atoms with van der Waals surface area (Å²) >= 11 is 0.912. The van der Waals surface area contributed by atoms with Crippen molar-refractivity contribution in [1.82, 2.24) is 14.6 Å². The van der Waals surface area contributed by atoms with E-state index in [-0.39, 0.29) is 10.8 Å². The monoisotopic (exact) mass is 355 g/mol. The fourth-order valence-electron chi connectivity index (χ4n) is 2.31. The molecule has 0 radical (unpaired) electrons. The molecule has 0 spiro atoms. The maximum absolute atomic E-state index is 13.3. The summed E-state index contributed by atoms with van der Waals surface area (Å²) < 4.78 is 54.5. The highest BCUT2D eigenvalue weighted by molar-refractivity contribution is 7.99. The molecule has 2 heterocycles. The Hall–Kier alpha value is -2.09. The first-order valence-corrected chi connectivity index (χ1v) is 7.97. The van der Waals surface area contributed by atoms with Crippen molar-refractivity contribution in [3.05, 3.63) is 53.6 Å². The number of hydrogen-bond donors (Lipinski definition) is 0. The van der Waals surface area contributed by atoms with E-state index < -0.39 is 17.6 Å². The number of aromatic nitrogens is 3. The summed E-state index contributed by atoms with van der Waals surface area (Å²) in [4.78, 5) is -0.0696. The van der Waals surface area contributed by atoms with Crippen LogP contribution in [0.25, 0.3) is 5.65 Å². The molecule has 0 aliphatic rings. The molecule has 0 fully saturated rings. The van der Waals surface area contributed by atoms with E-state index >= 15 is 0 Å². The number of fused-ring (bicyclic) bond motifs is 1. The summed E-state index contributed by atoms with van der Waals surface area (Å²) in [5.41, 5.74) is -0.442. The zero-order chi connectivity index (χ0) is 17.5. The van der Waals surface area contributed by atoms with Crippen molar-refractivity contribution in [3.63, 3.8) is 0 Å². The topological polar surface area (TPSA) is 30.2 Å². The number of pyridine rings is 1. The molecule has 3 rings (SSSR count). The SMILES string of the molecule is CC(C)c1nnc2cccc(Sc3ccc(F)cc3C(F)(F)F)n12. The van der Waals surface area contributed by atoms with Gasteiger partial charge in [0.15, 0.2) is 5.65 Å². The van der Waals surface area contributed by atoms with Gasteiger partial charge in [-0.3, -0.25) is 4.40 Å². The van der Waals surface area contributed by atoms with E-state index in [1.54, 1.807) is 22.6 Å². The number of halogens is 4. The van der Waals surface area contributed by atoms with E-state index in [4.69, 9.17) is 0 Å². The van der Waals surface area contributed by atoms with Gasteiger partial charge in [-0.25, -0.2) is 4.39 Å². The molecule has 0 N–H and O–H groups in total. The number of alkyl halides is 3. The predicted molar refractivity (Wildman–Crippen MR) is 82.6 cm³/mol. The molecule has 0 atom stereocenters. The minimum Gasteiger partial charge on any atom is -0.273 e. The Balaban J connectivity index is 2.13. The molecule has 0 saturated heterocycles. The van der Waals surface area contributed by atoms with Crippen LogP contribution in [0.15, 0.2) is 46.3 Å². The first-order valence-electron chi connectivity index (χ1n) is 7.16. The van der Waals surface area contributed by atoms with Crippen LogP contribution >= 0.6 is 11.8 Å². The van der Waals surface area contributed by atoms with Crippen molar-refractivity contribution in [1.29, 1.82) is 0 Å². The van der Waals surface area contributed by atoms with Crippen LogP contribution in [-0.2, 0) is 6.18 Å². The van der Waals surface area contributed by atoms with Gasteiger partial charge in [-0.15, -0.1) is 10.2 Å². The Morgan fingerprint density at radius 2 is 1.83 bits per heavy atom. The zero-order valence-corrected chi connectivity index (χ0v) is 13.6. The molecule has 0 saturated carbocycles. The van der Waals surface area contributed by atoms with Gasteiger partial charge in [-0.2, -0.15) is 13.2 Å². The van der Waals surface area contributed by atoms with Gasteiger partial charge in [-0.05, 0) is 30.3 Å². The lowest BCUT2D eigenvalue weighted by molar-refractivity contribution is -0.139. The molecule has 1 aromatic carbocycles. The summed E-state index contributed by atoms with van der Waals surface area (Å²) in [6.45, 7) is 3.86. The van der Waals surface area contributed by atoms with Crippen LogP contribution in [0.3, 0.4) is 0 Å². The van der Waals surface area contributed by atoms with Gasteiger partial charge in [0.1, 0.15) is 11.6 Å². The Kier molecular flexibility index (Phi) is 4.25. The van der Waals surface area contributed by atoms with Crippen molar-refractivity contribution in [2.24, 2.45) is 0 Å². The first-order chi connectivity index (χ1) is 11.3. The van der Waals surface area contributed by atoms with E-state index in [0.717, 1.165) is 23.9 Å². The summed E-state index contributed by atoms with van der Waals surface area (Å²) in [5.74, 6) is -0.210. The van der Waals surface area contributed by atoms with E-state index in [1.165, 1.54) is 0 Å². The lowest BCUT2D eigenvalue weighted by Gasteiger charge is -2.14. The molecule has 2 aromatic heterocycles. The molecule has 126 valence electrons. The molecule has 24 heavy (non-hydrogen) atoms. The van der Waals surface area contributed by atoms with Crippen LogP contribution < -0.4 is 0 Å². The molecule has 0 aliphatic heterocycles. The third kappa shape index (κ3) is 3.10. The van der Waals surface area contributed by atoms with Crippen LogP contribution in [-0.4, -0.2) is 14.6 Å². The second kappa shape index (κ2) is 6.08. The second-order valence-corrected chi connectivity index (χ2v) is 6.57. The van der Waals surface area contributed by atoms with Crippen LogP contribution in [0.4, 0.5) is 17.6 Å². The average Bonchev–Trinajstić information content (AvgIpc) is 2.93. The minimum absolute atomic E-state index is 0.0528. The summed E-state index contributed by atoms with van der Waals surface area (Å²) in [6.07, 6.45) is -4.63. The van der Waals surface area contributed by atoms with Crippen LogP contribution in [0, 0.1) is 5.82 Å². The average molecular weight is 355 g/mol. The highest BCUT2D eigenvalue weighted by Crippen LogP contribution is 2.40. The predicted octanol–water partition coefficient (Wildman–Crippen LogP) is 5.16. The molecule has 0 aliphatic carbocycles. The normalized spacial score (nSPS) is 12.3. The van der Waals surface area contributed by atoms with Gasteiger partial charge < -0.3 is 0 Å². The number of nitrogens with zero attached hydrogens (tertiary/aromatic N) is 3. The Morgan fingerprint density at radius 3 is 2.50 bits per heavy atom. The first kappa shape index (κ1) is 16.8. The lowest BCUT2D eigenvalue weighted by Crippen LogP contribution is -2.08. The standard InChI is InChI=1S/C16H13F4N3S/c1-9(2)15-22-21-13-4-3-5-14(23(13)15)24-12-7-6-10(17)8-11(12)16(18,19)20/h3-9H,1-2H3. The highest BCUT2D eigenvalue weighted by atomic mass is 32.2. The van der Waals surface area contributed by atoms with E-state index in [1.807, 2.05) is 13.8 Å². The smallest absolute Gasteiger partial charge is 0.273 e. The Bertz CT molecular complexity index is 887. The summed E-state index contributed by atoms with van der Waals surface area (Å²) in [7, 11) is 0. The van der Waals surface area contributed by atoms with Crippen molar-refractivity contribution in [3.8, 4) is 0 Å². The molecule has 0 unspecified atom stereocenters. The molecular formula is C16H13F4N3S. The molecule has 8 heteroatoms. The number of benzene rings is 1. The number of hydrogen-bond acceptors (Lipinski definition) is 3. The zero-order valence-electron chi connectivity index (χ0n) is 12.8. The van der Waals surface area contributed by atoms with Gasteiger partial charge in [0.2, 0.25) is 0 Å². The van der Waals surface area contributed by atoms with Crippen molar-refractivity contribution in [2.45, 2.75) is 35.9 Å². The maximum atomic E-state index is 13.3. The lowest BCUT2D eigenvalue weighted by atomic mass is 10.2. The molecule has 3 nitrogen and oxygen atoms in total. The fourth-order valence-corrected chi connectivity index (χ4v) is 3.38. The Morgan fingerprint density at radius 1 is 1.08 bits per heavy atom. The quantitative estimate of drug-likeness (QED) is 0.608. The molecule has 0 bridgehead atoms. The Labute approximate surface area is 139 Å². The molecule has 3 aromatic rings. The van der Waals surface area contributed by atoms with Crippen molar-refractivity contribution >= 4 is 17.4 Å². The van der Waals surface area contributed by atoms with Crippen molar-refractivity contribution in [2.75, 3.05) is 0 Å². The van der Waals surface area contributed by atoms with Gasteiger partial charge in [-0.1, -0.05) is 31.7 Å². The number of rotatable bonds is 3. The van der Waals surface area contributed by atoms with E-state index in [0.29, 0.717) is 22.6 Å². The van der Waals surface area contributed by atoms with Crippen molar-refractivity contribution < 1.29 is 17.6 Å². The third-order valence-corrected chi connectivity index (χ3v) is 4.50. The maximum Gasteiger partial charge on any atom is 0.417 e. The highest BCUT2D eigenvalue weighted by Gasteiger charge is 2.34. The fraction of sp³-hybridized carbons (Fsp3) is 0.250. The van der Waals surface area contributed by atoms with Crippen LogP contribution in [0.2, 0.25) is 0 Å². The van der Waals surface area contributed by atoms with Gasteiger partial charge in [0.05, 0.1) is 10.6 Å². The van der Waals surface area contributed by atoms with E-state index in [9.17, 15) is 17.6 Å². The van der Waals surface area contributed by atoms with Crippen LogP contribution in [0.5, 0.6) is 0 Å². The third-order valence-electron chi connectivity index (χ3n) is 3.40.